The second kappa shape index (κ2) is 12.5. The summed E-state index contributed by atoms with van der Waals surface area (Å²) in [5.41, 5.74) is 10.1. The lowest BCUT2D eigenvalue weighted by atomic mass is 10.1. The van der Waals surface area contributed by atoms with Crippen molar-refractivity contribution in [3.63, 3.8) is 0 Å². The Kier molecular flexibility index (Phi) is 8.69. The molecule has 38 heavy (non-hydrogen) atoms. The molecule has 0 atom stereocenters. The Balaban J connectivity index is 1.57. The van der Waals surface area contributed by atoms with Gasteiger partial charge in [0.05, 0.1) is 0 Å². The first-order valence-electron chi connectivity index (χ1n) is 12.3. The topological polar surface area (TPSA) is 119 Å². The van der Waals surface area contributed by atoms with Crippen molar-refractivity contribution < 1.29 is 19.4 Å². The summed E-state index contributed by atoms with van der Waals surface area (Å²) in [7, 11) is 0. The fourth-order valence-corrected chi connectivity index (χ4v) is 3.97. The van der Waals surface area contributed by atoms with Crippen LogP contribution in [0.5, 0.6) is 11.5 Å². The number of aromatic nitrogens is 1. The van der Waals surface area contributed by atoms with Crippen LogP contribution in [-0.4, -0.2) is 40.5 Å². The Hall–Kier alpha value is -4.69. The number of carbonyl (C=O) groups is 2. The molecule has 0 saturated carbocycles. The third kappa shape index (κ3) is 6.74. The van der Waals surface area contributed by atoms with Crippen LogP contribution in [0.25, 0.3) is 22.5 Å². The summed E-state index contributed by atoms with van der Waals surface area (Å²) in [5.74, 6) is 1.00. The van der Waals surface area contributed by atoms with Gasteiger partial charge in [-0.15, -0.1) is 0 Å². The second-order valence-corrected chi connectivity index (χ2v) is 8.66. The van der Waals surface area contributed by atoms with Crippen LogP contribution < -0.4 is 15.8 Å². The van der Waals surface area contributed by atoms with E-state index in [1.165, 1.54) is 6.92 Å². The van der Waals surface area contributed by atoms with Crippen molar-refractivity contribution in [1.82, 2.24) is 9.88 Å². The maximum absolute atomic E-state index is 12.9. The SMILES string of the molecule is CC(=O)c1ccc(Oc2ccc(-c3ccc(-c4ccccc4)n3CC(=O)NC(N)=NCCCO)cc2)cc1. The molecule has 4 rings (SSSR count). The van der Waals surface area contributed by atoms with Gasteiger partial charge in [-0.3, -0.25) is 19.9 Å². The van der Waals surface area contributed by atoms with E-state index in [1.807, 2.05) is 71.3 Å². The Morgan fingerprint density at radius 1 is 0.868 bits per heavy atom. The molecular formula is C30H30N4O4. The number of guanidine groups is 1. The minimum absolute atomic E-state index is 0.00382. The number of aliphatic hydroxyl groups excluding tert-OH is 1. The van der Waals surface area contributed by atoms with Crippen LogP contribution in [-0.2, 0) is 11.3 Å². The molecule has 8 nitrogen and oxygen atoms in total. The number of aliphatic hydroxyl groups is 1. The highest BCUT2D eigenvalue weighted by molar-refractivity contribution is 5.96. The highest BCUT2D eigenvalue weighted by Crippen LogP contribution is 2.31. The number of ether oxygens (including phenoxy) is 1. The number of ketones is 1. The van der Waals surface area contributed by atoms with Gasteiger partial charge >= 0.3 is 0 Å². The molecule has 1 amide bonds. The van der Waals surface area contributed by atoms with Crippen LogP contribution in [0.2, 0.25) is 0 Å². The van der Waals surface area contributed by atoms with Crippen molar-refractivity contribution in [3.8, 4) is 34.0 Å². The van der Waals surface area contributed by atoms with E-state index in [9.17, 15) is 9.59 Å². The Morgan fingerprint density at radius 2 is 1.45 bits per heavy atom. The molecule has 0 fully saturated rings. The lowest BCUT2D eigenvalue weighted by Crippen LogP contribution is -2.39. The molecule has 0 aliphatic rings. The van der Waals surface area contributed by atoms with Crippen LogP contribution in [0.4, 0.5) is 0 Å². The smallest absolute Gasteiger partial charge is 0.246 e. The molecule has 0 saturated heterocycles. The zero-order chi connectivity index (χ0) is 26.9. The quantitative estimate of drug-likeness (QED) is 0.124. The van der Waals surface area contributed by atoms with E-state index in [4.69, 9.17) is 15.6 Å². The highest BCUT2D eigenvalue weighted by atomic mass is 16.5. The van der Waals surface area contributed by atoms with Gasteiger partial charge in [-0.2, -0.15) is 0 Å². The number of hydrogen-bond donors (Lipinski definition) is 3. The van der Waals surface area contributed by atoms with E-state index in [0.29, 0.717) is 30.0 Å². The number of Topliss-reactive ketones (excluding diaryl/α,β-unsaturated/α-hetero) is 1. The second-order valence-electron chi connectivity index (χ2n) is 8.66. The number of nitrogens with zero attached hydrogens (tertiary/aromatic N) is 2. The molecule has 194 valence electrons. The zero-order valence-corrected chi connectivity index (χ0v) is 21.1. The van der Waals surface area contributed by atoms with Gasteiger partial charge in [-0.05, 0) is 85.1 Å². The van der Waals surface area contributed by atoms with Gasteiger partial charge in [0.2, 0.25) is 5.91 Å². The van der Waals surface area contributed by atoms with Crippen molar-refractivity contribution in [2.24, 2.45) is 10.7 Å². The molecule has 0 spiro atoms. The number of nitrogens with two attached hydrogens (primary N) is 1. The molecule has 1 aromatic heterocycles. The van der Waals surface area contributed by atoms with Crippen LogP contribution in [0.3, 0.4) is 0 Å². The van der Waals surface area contributed by atoms with Gasteiger partial charge in [-0.1, -0.05) is 30.3 Å². The molecule has 0 aliphatic heterocycles. The van der Waals surface area contributed by atoms with Crippen LogP contribution >= 0.6 is 0 Å². The van der Waals surface area contributed by atoms with Gasteiger partial charge in [0.1, 0.15) is 18.0 Å². The molecule has 0 radical (unpaired) electrons. The first kappa shape index (κ1) is 26.4. The normalized spacial score (nSPS) is 11.3. The van der Waals surface area contributed by atoms with E-state index >= 15 is 0 Å². The number of hydrogen-bond acceptors (Lipinski definition) is 5. The summed E-state index contributed by atoms with van der Waals surface area (Å²) >= 11 is 0. The van der Waals surface area contributed by atoms with Crippen LogP contribution in [0, 0.1) is 0 Å². The van der Waals surface area contributed by atoms with E-state index in [0.717, 1.165) is 22.5 Å². The first-order valence-corrected chi connectivity index (χ1v) is 12.3. The monoisotopic (exact) mass is 510 g/mol. The lowest BCUT2D eigenvalue weighted by molar-refractivity contribution is -0.120. The third-order valence-electron chi connectivity index (χ3n) is 5.86. The molecule has 0 bridgehead atoms. The molecule has 3 aromatic carbocycles. The van der Waals surface area contributed by atoms with Crippen LogP contribution in [0.15, 0.2) is 96.0 Å². The number of rotatable bonds is 10. The standard InChI is InChI=1S/C30H30N4O4/c1-21(36)22-8-12-25(13-9-22)38-26-14-10-24(11-15-26)28-17-16-27(23-6-3-2-4-7-23)34(28)20-29(37)33-30(31)32-18-5-19-35/h2-4,6-17,35H,5,18-20H2,1H3,(H3,31,32,33,37). The molecule has 4 aromatic rings. The average molecular weight is 511 g/mol. The predicted octanol–water partition coefficient (Wildman–Crippen LogP) is 4.63. The van der Waals surface area contributed by atoms with Gasteiger partial charge in [0.25, 0.3) is 0 Å². The molecule has 4 N–H and O–H groups in total. The third-order valence-corrected chi connectivity index (χ3v) is 5.86. The van der Waals surface area contributed by atoms with Crippen molar-refractivity contribution in [1.29, 1.82) is 0 Å². The Labute approximate surface area is 221 Å². The van der Waals surface area contributed by atoms with E-state index in [2.05, 4.69) is 10.3 Å². The average Bonchev–Trinajstić information content (AvgIpc) is 3.33. The number of amides is 1. The zero-order valence-electron chi connectivity index (χ0n) is 21.1. The lowest BCUT2D eigenvalue weighted by Gasteiger charge is -2.15. The Bertz CT molecular complexity index is 1410. The van der Waals surface area contributed by atoms with Gasteiger partial charge in [0.15, 0.2) is 11.7 Å². The molecular weight excluding hydrogens is 480 g/mol. The van der Waals surface area contributed by atoms with Crippen molar-refractivity contribution in [3.05, 3.63) is 96.6 Å². The number of aliphatic imine (C=N–C) groups is 1. The number of nitrogens with one attached hydrogen (secondary N) is 1. The van der Waals surface area contributed by atoms with Gasteiger partial charge < -0.3 is 20.1 Å². The maximum Gasteiger partial charge on any atom is 0.246 e. The molecule has 8 heteroatoms. The number of benzene rings is 3. The maximum atomic E-state index is 12.9. The van der Waals surface area contributed by atoms with Gasteiger partial charge in [0, 0.05) is 30.1 Å². The Morgan fingerprint density at radius 3 is 2.03 bits per heavy atom. The minimum Gasteiger partial charge on any atom is -0.457 e. The summed E-state index contributed by atoms with van der Waals surface area (Å²) in [6, 6.07) is 28.4. The summed E-state index contributed by atoms with van der Waals surface area (Å²) in [4.78, 5) is 28.4. The largest absolute Gasteiger partial charge is 0.457 e. The fourth-order valence-electron chi connectivity index (χ4n) is 3.97. The van der Waals surface area contributed by atoms with Crippen molar-refractivity contribution in [2.75, 3.05) is 13.2 Å². The molecule has 0 aliphatic carbocycles. The predicted molar refractivity (Wildman–Crippen MR) is 148 cm³/mol. The highest BCUT2D eigenvalue weighted by Gasteiger charge is 2.15. The summed E-state index contributed by atoms with van der Waals surface area (Å²) in [5, 5.41) is 11.5. The summed E-state index contributed by atoms with van der Waals surface area (Å²) in [6.07, 6.45) is 0.472. The van der Waals surface area contributed by atoms with E-state index < -0.39 is 0 Å². The van der Waals surface area contributed by atoms with Crippen molar-refractivity contribution in [2.45, 2.75) is 19.9 Å². The number of carbonyl (C=O) groups excluding carboxylic acids is 2. The van der Waals surface area contributed by atoms with E-state index in [1.54, 1.807) is 24.3 Å². The minimum atomic E-state index is -0.307. The fraction of sp³-hybridized carbons (Fsp3) is 0.167. The summed E-state index contributed by atoms with van der Waals surface area (Å²) < 4.78 is 7.86. The molecule has 0 unspecified atom stereocenters. The van der Waals surface area contributed by atoms with E-state index in [-0.39, 0.29) is 30.8 Å². The van der Waals surface area contributed by atoms with Gasteiger partial charge in [-0.25, -0.2) is 0 Å². The molecule has 1 heterocycles. The van der Waals surface area contributed by atoms with Crippen LogP contribution in [0.1, 0.15) is 23.7 Å². The summed E-state index contributed by atoms with van der Waals surface area (Å²) in [6.45, 7) is 1.90. The van der Waals surface area contributed by atoms with Crippen molar-refractivity contribution >= 4 is 17.6 Å². The first-order chi connectivity index (χ1) is 18.4.